The molecule has 0 unspecified atom stereocenters. The number of aromatic nitrogens is 3. The van der Waals surface area contributed by atoms with Gasteiger partial charge in [-0.25, -0.2) is 9.97 Å². The molecule has 3 rings (SSSR count). The van der Waals surface area contributed by atoms with Gasteiger partial charge in [-0.15, -0.1) is 0 Å². The Labute approximate surface area is 130 Å². The summed E-state index contributed by atoms with van der Waals surface area (Å²) < 4.78 is 1.78. The monoisotopic (exact) mass is 299 g/mol. The molecule has 0 aliphatic carbocycles. The normalized spacial score (nSPS) is 17.1. The SMILES string of the molecule is CC1(CNC(=O)c2ccnc(-n3ccnc3)c2)CCNCC1. The zero-order valence-corrected chi connectivity index (χ0v) is 12.7. The average Bonchev–Trinajstić information content (AvgIpc) is 3.08. The van der Waals surface area contributed by atoms with Crippen LogP contribution in [0.15, 0.2) is 37.1 Å². The predicted molar refractivity (Wildman–Crippen MR) is 83.9 cm³/mol. The van der Waals surface area contributed by atoms with Crippen molar-refractivity contribution in [2.45, 2.75) is 19.8 Å². The number of carbonyl (C=O) groups is 1. The van der Waals surface area contributed by atoms with Crippen molar-refractivity contribution >= 4 is 5.91 Å². The summed E-state index contributed by atoms with van der Waals surface area (Å²) in [4.78, 5) is 20.6. The fraction of sp³-hybridized carbons (Fsp3) is 0.438. The lowest BCUT2D eigenvalue weighted by molar-refractivity contribution is 0.0922. The molecule has 1 saturated heterocycles. The molecule has 3 heterocycles. The minimum Gasteiger partial charge on any atom is -0.351 e. The molecule has 0 aromatic carbocycles. The van der Waals surface area contributed by atoms with Gasteiger partial charge in [0.2, 0.25) is 0 Å². The Bertz CT molecular complexity index is 632. The second-order valence-electron chi connectivity index (χ2n) is 6.12. The van der Waals surface area contributed by atoms with Crippen molar-refractivity contribution in [3.63, 3.8) is 0 Å². The number of hydrogen-bond donors (Lipinski definition) is 2. The van der Waals surface area contributed by atoms with Crippen molar-refractivity contribution in [2.75, 3.05) is 19.6 Å². The summed E-state index contributed by atoms with van der Waals surface area (Å²) in [6, 6.07) is 3.52. The van der Waals surface area contributed by atoms with Gasteiger partial charge in [-0.3, -0.25) is 9.36 Å². The lowest BCUT2D eigenvalue weighted by Gasteiger charge is -2.34. The number of imidazole rings is 1. The Hall–Kier alpha value is -2.21. The highest BCUT2D eigenvalue weighted by molar-refractivity contribution is 5.94. The fourth-order valence-corrected chi connectivity index (χ4v) is 2.70. The minimum atomic E-state index is -0.0523. The van der Waals surface area contributed by atoms with Crippen LogP contribution in [0, 0.1) is 5.41 Å². The zero-order chi connectivity index (χ0) is 15.4. The summed E-state index contributed by atoms with van der Waals surface area (Å²) in [5, 5.41) is 6.41. The molecule has 0 saturated carbocycles. The summed E-state index contributed by atoms with van der Waals surface area (Å²) in [6.45, 7) is 4.98. The van der Waals surface area contributed by atoms with Crippen LogP contribution in [0.4, 0.5) is 0 Å². The van der Waals surface area contributed by atoms with E-state index in [1.54, 1.807) is 41.6 Å². The first-order valence-electron chi connectivity index (χ1n) is 7.60. The Kier molecular flexibility index (Phi) is 4.20. The average molecular weight is 299 g/mol. The van der Waals surface area contributed by atoms with Crippen LogP contribution in [0.1, 0.15) is 30.1 Å². The van der Waals surface area contributed by atoms with Crippen molar-refractivity contribution in [1.29, 1.82) is 0 Å². The lowest BCUT2D eigenvalue weighted by Crippen LogP contribution is -2.42. The molecule has 1 aliphatic heterocycles. The van der Waals surface area contributed by atoms with Gasteiger partial charge < -0.3 is 10.6 Å². The highest BCUT2D eigenvalue weighted by atomic mass is 16.1. The maximum Gasteiger partial charge on any atom is 0.251 e. The molecule has 2 aromatic heterocycles. The van der Waals surface area contributed by atoms with Crippen LogP contribution >= 0.6 is 0 Å². The van der Waals surface area contributed by atoms with Gasteiger partial charge in [0.25, 0.3) is 5.91 Å². The van der Waals surface area contributed by atoms with Crippen LogP contribution in [0.2, 0.25) is 0 Å². The Balaban J connectivity index is 1.66. The third-order valence-corrected chi connectivity index (χ3v) is 4.26. The number of piperidine rings is 1. The Morgan fingerprint density at radius 3 is 2.95 bits per heavy atom. The summed E-state index contributed by atoms with van der Waals surface area (Å²) in [5.74, 6) is 0.641. The van der Waals surface area contributed by atoms with Crippen molar-refractivity contribution in [1.82, 2.24) is 25.2 Å². The molecular formula is C16H21N5O. The number of nitrogens with one attached hydrogen (secondary N) is 2. The van der Waals surface area contributed by atoms with E-state index in [1.807, 2.05) is 0 Å². The van der Waals surface area contributed by atoms with Crippen LogP contribution in [0.3, 0.4) is 0 Å². The molecule has 6 nitrogen and oxygen atoms in total. The first-order chi connectivity index (χ1) is 10.7. The molecule has 0 radical (unpaired) electrons. The van der Waals surface area contributed by atoms with Crippen LogP contribution < -0.4 is 10.6 Å². The van der Waals surface area contributed by atoms with E-state index in [4.69, 9.17) is 0 Å². The van der Waals surface area contributed by atoms with Crippen LogP contribution in [-0.2, 0) is 0 Å². The smallest absolute Gasteiger partial charge is 0.251 e. The van der Waals surface area contributed by atoms with E-state index in [0.29, 0.717) is 17.9 Å². The molecule has 0 atom stereocenters. The topological polar surface area (TPSA) is 71.8 Å². The number of nitrogens with zero attached hydrogens (tertiary/aromatic N) is 3. The van der Waals surface area contributed by atoms with Gasteiger partial charge >= 0.3 is 0 Å². The summed E-state index contributed by atoms with van der Waals surface area (Å²) in [6.07, 6.45) is 8.98. The van der Waals surface area contributed by atoms with E-state index in [1.165, 1.54) is 0 Å². The predicted octanol–water partition coefficient (Wildman–Crippen LogP) is 1.39. The van der Waals surface area contributed by atoms with Crippen molar-refractivity contribution in [2.24, 2.45) is 5.41 Å². The molecule has 0 bridgehead atoms. The Morgan fingerprint density at radius 1 is 1.41 bits per heavy atom. The summed E-state index contributed by atoms with van der Waals surface area (Å²) >= 11 is 0. The molecule has 6 heteroatoms. The van der Waals surface area contributed by atoms with Gasteiger partial charge in [-0.1, -0.05) is 6.92 Å². The first kappa shape index (κ1) is 14.7. The van der Waals surface area contributed by atoms with E-state index in [9.17, 15) is 4.79 Å². The third-order valence-electron chi connectivity index (χ3n) is 4.26. The second kappa shape index (κ2) is 6.27. The van der Waals surface area contributed by atoms with E-state index in [2.05, 4.69) is 27.5 Å². The van der Waals surface area contributed by atoms with Gasteiger partial charge in [0.15, 0.2) is 0 Å². The maximum absolute atomic E-state index is 12.4. The molecule has 1 amide bonds. The van der Waals surface area contributed by atoms with Crippen LogP contribution in [0.25, 0.3) is 5.82 Å². The number of rotatable bonds is 4. The fourth-order valence-electron chi connectivity index (χ4n) is 2.70. The standard InChI is InChI=1S/C16H21N5O/c1-16(3-6-17-7-4-16)11-20-15(22)13-2-5-19-14(10-13)21-9-8-18-12-21/h2,5,8-10,12,17H,3-4,6-7,11H2,1H3,(H,20,22). The highest BCUT2D eigenvalue weighted by Gasteiger charge is 2.27. The Morgan fingerprint density at radius 2 is 2.23 bits per heavy atom. The number of amides is 1. The van der Waals surface area contributed by atoms with Crippen LogP contribution in [0.5, 0.6) is 0 Å². The van der Waals surface area contributed by atoms with Gasteiger partial charge in [0.05, 0.1) is 0 Å². The number of pyridine rings is 1. The zero-order valence-electron chi connectivity index (χ0n) is 12.7. The van der Waals surface area contributed by atoms with Crippen molar-refractivity contribution < 1.29 is 4.79 Å². The van der Waals surface area contributed by atoms with E-state index < -0.39 is 0 Å². The minimum absolute atomic E-state index is 0.0523. The largest absolute Gasteiger partial charge is 0.351 e. The van der Waals surface area contributed by atoms with Gasteiger partial charge in [0, 0.05) is 30.7 Å². The quantitative estimate of drug-likeness (QED) is 0.895. The van der Waals surface area contributed by atoms with E-state index >= 15 is 0 Å². The second-order valence-corrected chi connectivity index (χ2v) is 6.12. The van der Waals surface area contributed by atoms with E-state index in [0.717, 1.165) is 25.9 Å². The molecular weight excluding hydrogens is 278 g/mol. The molecule has 2 N–H and O–H groups in total. The lowest BCUT2D eigenvalue weighted by atomic mass is 9.81. The van der Waals surface area contributed by atoms with Crippen molar-refractivity contribution in [3.05, 3.63) is 42.6 Å². The maximum atomic E-state index is 12.4. The molecule has 0 spiro atoms. The van der Waals surface area contributed by atoms with Crippen LogP contribution in [-0.4, -0.2) is 40.1 Å². The van der Waals surface area contributed by atoms with Crippen molar-refractivity contribution in [3.8, 4) is 5.82 Å². The molecule has 22 heavy (non-hydrogen) atoms. The molecule has 1 aliphatic rings. The molecule has 1 fully saturated rings. The molecule has 2 aromatic rings. The highest BCUT2D eigenvalue weighted by Crippen LogP contribution is 2.26. The first-order valence-corrected chi connectivity index (χ1v) is 7.60. The van der Waals surface area contributed by atoms with Gasteiger partial charge in [-0.2, -0.15) is 0 Å². The van der Waals surface area contributed by atoms with Gasteiger partial charge in [0.1, 0.15) is 12.1 Å². The number of carbonyl (C=O) groups excluding carboxylic acids is 1. The van der Waals surface area contributed by atoms with Gasteiger partial charge in [-0.05, 0) is 43.5 Å². The molecule has 116 valence electrons. The summed E-state index contributed by atoms with van der Waals surface area (Å²) in [5.41, 5.74) is 0.803. The number of hydrogen-bond acceptors (Lipinski definition) is 4. The summed E-state index contributed by atoms with van der Waals surface area (Å²) in [7, 11) is 0. The third kappa shape index (κ3) is 3.33. The van der Waals surface area contributed by atoms with E-state index in [-0.39, 0.29) is 11.3 Å².